The molecule has 1 aromatic heterocycles. The van der Waals surface area contributed by atoms with E-state index in [1.54, 1.807) is 22.6 Å². The van der Waals surface area contributed by atoms with Gasteiger partial charge in [-0.15, -0.1) is 10.2 Å². The Balaban J connectivity index is 2.17. The van der Waals surface area contributed by atoms with Crippen molar-refractivity contribution in [2.75, 3.05) is 0 Å². The van der Waals surface area contributed by atoms with Crippen molar-refractivity contribution in [3.05, 3.63) is 40.7 Å². The highest BCUT2D eigenvalue weighted by molar-refractivity contribution is 14.1. The molecule has 0 fully saturated rings. The van der Waals surface area contributed by atoms with Gasteiger partial charge in [0.25, 0.3) is 0 Å². The molecule has 0 atom stereocenters. The van der Waals surface area contributed by atoms with Crippen LogP contribution in [0.5, 0.6) is 0 Å². The van der Waals surface area contributed by atoms with Crippen LogP contribution >= 0.6 is 68.4 Å². The van der Waals surface area contributed by atoms with Crippen molar-refractivity contribution in [3.8, 4) is 5.69 Å². The summed E-state index contributed by atoms with van der Waals surface area (Å²) < 4.78 is 79.1. The average Bonchev–Trinajstić information content (AvgIpc) is 3.22. The molecule has 2 heterocycles. The summed E-state index contributed by atoms with van der Waals surface area (Å²) in [6, 6.07) is 0.646. The number of halogens is 10. The minimum atomic E-state index is -4.77. The highest BCUT2D eigenvalue weighted by Gasteiger charge is 2.66. The van der Waals surface area contributed by atoms with Crippen LogP contribution in [0.15, 0.2) is 22.5 Å². The van der Waals surface area contributed by atoms with Crippen molar-refractivity contribution >= 4 is 68.4 Å². The molecular formula is C12H2Cl2F6I2N4. The molecule has 0 spiro atoms. The van der Waals surface area contributed by atoms with E-state index in [0.717, 1.165) is 10.9 Å². The summed E-state index contributed by atoms with van der Waals surface area (Å²) >= 11 is 14.9. The van der Waals surface area contributed by atoms with Gasteiger partial charge in [-0.3, -0.25) is 0 Å². The van der Waals surface area contributed by atoms with Crippen LogP contribution in [0.25, 0.3) is 5.69 Å². The second kappa shape index (κ2) is 6.34. The summed E-state index contributed by atoms with van der Waals surface area (Å²) in [6.45, 7) is 0. The van der Waals surface area contributed by atoms with Crippen LogP contribution in [-0.4, -0.2) is 16.0 Å². The molecule has 1 aliphatic rings. The van der Waals surface area contributed by atoms with Crippen molar-refractivity contribution in [1.82, 2.24) is 9.78 Å². The van der Waals surface area contributed by atoms with Crippen molar-refractivity contribution in [2.45, 2.75) is 18.0 Å². The Morgan fingerprint density at radius 3 is 2.08 bits per heavy atom. The van der Waals surface area contributed by atoms with Gasteiger partial charge in [0.15, 0.2) is 0 Å². The molecule has 1 aliphatic heterocycles. The van der Waals surface area contributed by atoms with Crippen LogP contribution in [0.3, 0.4) is 0 Å². The van der Waals surface area contributed by atoms with E-state index in [2.05, 4.69) is 15.3 Å². The van der Waals surface area contributed by atoms with Crippen molar-refractivity contribution < 1.29 is 26.3 Å². The van der Waals surface area contributed by atoms with E-state index in [0.29, 0.717) is 6.07 Å². The second-order valence-electron chi connectivity index (χ2n) is 5.01. The lowest BCUT2D eigenvalue weighted by Gasteiger charge is -2.17. The number of rotatable bonds is 2. The average molecular weight is 641 g/mol. The van der Waals surface area contributed by atoms with Crippen LogP contribution < -0.4 is 0 Å². The van der Waals surface area contributed by atoms with Crippen LogP contribution in [0.4, 0.5) is 26.3 Å². The maximum Gasteiger partial charge on any atom is 0.442 e. The van der Waals surface area contributed by atoms with Crippen LogP contribution in [0.2, 0.25) is 10.0 Å². The number of aromatic nitrogens is 2. The zero-order chi connectivity index (χ0) is 19.7. The SMILES string of the molecule is FC(F)(F)c1cc(Cl)c(-n2ncc(C3(C(F)(F)F)N=N3)c2I)c(Cl)c1I. The Morgan fingerprint density at radius 1 is 1.04 bits per heavy atom. The summed E-state index contributed by atoms with van der Waals surface area (Å²) in [5.74, 6) is 0. The molecule has 140 valence electrons. The first-order valence-corrected chi connectivity index (χ1v) is 9.22. The molecule has 0 saturated heterocycles. The van der Waals surface area contributed by atoms with Gasteiger partial charge < -0.3 is 0 Å². The van der Waals surface area contributed by atoms with E-state index in [4.69, 9.17) is 23.2 Å². The molecule has 1 aromatic carbocycles. The minimum Gasteiger partial charge on any atom is -0.224 e. The first-order valence-electron chi connectivity index (χ1n) is 6.31. The summed E-state index contributed by atoms with van der Waals surface area (Å²) in [5.41, 5.74) is -4.31. The van der Waals surface area contributed by atoms with E-state index in [1.807, 2.05) is 0 Å². The van der Waals surface area contributed by atoms with Gasteiger partial charge in [-0.05, 0) is 51.2 Å². The molecule has 14 heteroatoms. The van der Waals surface area contributed by atoms with Crippen molar-refractivity contribution in [2.24, 2.45) is 10.2 Å². The maximum absolute atomic E-state index is 13.2. The lowest BCUT2D eigenvalue weighted by atomic mass is 10.1. The van der Waals surface area contributed by atoms with Gasteiger partial charge in [-0.2, -0.15) is 31.4 Å². The monoisotopic (exact) mass is 640 g/mol. The lowest BCUT2D eigenvalue weighted by molar-refractivity contribution is -0.166. The van der Waals surface area contributed by atoms with Gasteiger partial charge in [0.1, 0.15) is 9.39 Å². The Kier molecular flexibility index (Phi) is 4.97. The van der Waals surface area contributed by atoms with Gasteiger partial charge in [-0.25, -0.2) is 4.68 Å². The largest absolute Gasteiger partial charge is 0.442 e. The molecule has 4 nitrogen and oxygen atoms in total. The molecule has 2 aromatic rings. The van der Waals surface area contributed by atoms with E-state index in [9.17, 15) is 26.3 Å². The van der Waals surface area contributed by atoms with Crippen molar-refractivity contribution in [1.29, 1.82) is 0 Å². The third kappa shape index (κ3) is 3.09. The van der Waals surface area contributed by atoms with E-state index >= 15 is 0 Å². The van der Waals surface area contributed by atoms with Crippen LogP contribution in [0.1, 0.15) is 11.1 Å². The summed E-state index contributed by atoms with van der Waals surface area (Å²) in [5, 5.41) is 9.15. The summed E-state index contributed by atoms with van der Waals surface area (Å²) in [6.07, 6.45) is -8.59. The number of hydrogen-bond donors (Lipinski definition) is 0. The molecule has 0 saturated carbocycles. The van der Waals surface area contributed by atoms with E-state index in [-0.39, 0.29) is 23.5 Å². The fourth-order valence-electron chi connectivity index (χ4n) is 2.13. The molecule has 0 unspecified atom stereocenters. The summed E-state index contributed by atoms with van der Waals surface area (Å²) in [7, 11) is 0. The minimum absolute atomic E-state index is 0.0794. The van der Waals surface area contributed by atoms with Gasteiger partial charge in [-0.1, -0.05) is 23.2 Å². The Labute approximate surface area is 178 Å². The van der Waals surface area contributed by atoms with Crippen LogP contribution in [-0.2, 0) is 11.8 Å². The third-order valence-corrected chi connectivity index (χ3v) is 6.57. The first kappa shape index (κ1) is 20.4. The Morgan fingerprint density at radius 2 is 1.62 bits per heavy atom. The molecule has 0 amide bonds. The van der Waals surface area contributed by atoms with Crippen molar-refractivity contribution in [3.63, 3.8) is 0 Å². The second-order valence-corrected chi connectivity index (χ2v) is 7.90. The Bertz CT molecular complexity index is 931. The number of alkyl halides is 6. The molecule has 0 aliphatic carbocycles. The number of hydrogen-bond acceptors (Lipinski definition) is 3. The molecule has 0 radical (unpaired) electrons. The molecule has 0 N–H and O–H groups in total. The molecular weight excluding hydrogens is 639 g/mol. The Hall–Kier alpha value is -0.350. The summed E-state index contributed by atoms with van der Waals surface area (Å²) in [4.78, 5) is 0. The predicted molar refractivity (Wildman–Crippen MR) is 96.6 cm³/mol. The van der Waals surface area contributed by atoms with Gasteiger partial charge in [0.2, 0.25) is 0 Å². The number of nitrogens with zero attached hydrogens (tertiary/aromatic N) is 4. The topological polar surface area (TPSA) is 42.5 Å². The van der Waals surface area contributed by atoms with Crippen LogP contribution in [0, 0.1) is 7.27 Å². The van der Waals surface area contributed by atoms with Gasteiger partial charge in [0.05, 0.1) is 27.4 Å². The molecule has 0 bridgehead atoms. The predicted octanol–water partition coefficient (Wildman–Crippen LogP) is 6.59. The molecule has 3 rings (SSSR count). The number of benzene rings is 1. The fraction of sp³-hybridized carbons (Fsp3) is 0.250. The van der Waals surface area contributed by atoms with Gasteiger partial charge >= 0.3 is 18.0 Å². The maximum atomic E-state index is 13.2. The fourth-order valence-corrected chi connectivity index (χ4v) is 4.35. The first-order chi connectivity index (χ1) is 11.8. The normalized spacial score (nSPS) is 16.2. The smallest absolute Gasteiger partial charge is 0.224 e. The zero-order valence-electron chi connectivity index (χ0n) is 11.7. The third-order valence-electron chi connectivity index (χ3n) is 3.43. The van der Waals surface area contributed by atoms with E-state index < -0.39 is 28.6 Å². The highest BCUT2D eigenvalue weighted by Crippen LogP contribution is 2.54. The quantitative estimate of drug-likeness (QED) is 0.208. The lowest BCUT2D eigenvalue weighted by Crippen LogP contribution is -2.30. The molecule has 26 heavy (non-hydrogen) atoms. The standard InChI is InChI=1S/C12H2Cl2F6I2N4/c13-5-1-3(11(15,16)17)7(21)6(14)8(5)26-9(22)4(2-23-26)10(24-25-10)12(18,19)20/h1-2H. The van der Waals surface area contributed by atoms with E-state index in [1.165, 1.54) is 22.6 Å². The highest BCUT2D eigenvalue weighted by atomic mass is 127. The zero-order valence-corrected chi connectivity index (χ0v) is 17.6. The van der Waals surface area contributed by atoms with Gasteiger partial charge in [0, 0.05) is 3.57 Å².